The maximum atomic E-state index is 13.7. The SMILES string of the molecule is COc1ccc(C(=O)[C@H]2[C@@H](Nc3ccccc3)NC(=S)N[C@H]2c2ccccc2)cc1. The third kappa shape index (κ3) is 4.28. The van der Waals surface area contributed by atoms with E-state index in [1.165, 1.54) is 0 Å². The van der Waals surface area contributed by atoms with Crippen molar-refractivity contribution in [2.75, 3.05) is 12.4 Å². The van der Waals surface area contributed by atoms with Crippen molar-refractivity contribution in [2.24, 2.45) is 5.92 Å². The molecule has 6 heteroatoms. The zero-order valence-corrected chi connectivity index (χ0v) is 17.4. The fraction of sp³-hybridized carbons (Fsp3) is 0.167. The van der Waals surface area contributed by atoms with Gasteiger partial charge in [0.25, 0.3) is 0 Å². The highest BCUT2D eigenvalue weighted by Crippen LogP contribution is 2.32. The first kappa shape index (κ1) is 19.9. The molecule has 0 radical (unpaired) electrons. The van der Waals surface area contributed by atoms with E-state index in [1.807, 2.05) is 60.7 Å². The van der Waals surface area contributed by atoms with Crippen molar-refractivity contribution in [3.05, 3.63) is 96.1 Å². The van der Waals surface area contributed by atoms with Gasteiger partial charge in [0.15, 0.2) is 10.9 Å². The molecule has 152 valence electrons. The summed E-state index contributed by atoms with van der Waals surface area (Å²) < 4.78 is 5.23. The second-order valence-electron chi connectivity index (χ2n) is 7.11. The summed E-state index contributed by atoms with van der Waals surface area (Å²) in [6.45, 7) is 0. The molecule has 1 saturated heterocycles. The van der Waals surface area contributed by atoms with Crippen LogP contribution in [0.25, 0.3) is 0 Å². The highest BCUT2D eigenvalue weighted by atomic mass is 32.1. The van der Waals surface area contributed by atoms with Gasteiger partial charge in [-0.05, 0) is 54.2 Å². The van der Waals surface area contributed by atoms with Gasteiger partial charge in [0.1, 0.15) is 11.9 Å². The van der Waals surface area contributed by atoms with Crippen molar-refractivity contribution in [2.45, 2.75) is 12.2 Å². The highest BCUT2D eigenvalue weighted by Gasteiger charge is 2.41. The summed E-state index contributed by atoms with van der Waals surface area (Å²) in [4.78, 5) is 13.7. The molecule has 0 aromatic heterocycles. The van der Waals surface area contributed by atoms with Crippen molar-refractivity contribution >= 4 is 28.8 Å². The Hall–Kier alpha value is -3.38. The lowest BCUT2D eigenvalue weighted by Crippen LogP contribution is -2.61. The summed E-state index contributed by atoms with van der Waals surface area (Å²) in [7, 11) is 1.61. The number of ether oxygens (including phenoxy) is 1. The van der Waals surface area contributed by atoms with Crippen molar-refractivity contribution in [3.8, 4) is 5.75 Å². The number of hydrogen-bond donors (Lipinski definition) is 3. The van der Waals surface area contributed by atoms with Crippen LogP contribution < -0.4 is 20.7 Å². The Morgan fingerprint density at radius 1 is 0.900 bits per heavy atom. The lowest BCUT2D eigenvalue weighted by molar-refractivity contribution is 0.0862. The van der Waals surface area contributed by atoms with Crippen LogP contribution in [-0.4, -0.2) is 24.2 Å². The predicted octanol–water partition coefficient (Wildman–Crippen LogP) is 4.15. The average Bonchev–Trinajstić information content (AvgIpc) is 2.79. The average molecular weight is 418 g/mol. The number of methoxy groups -OCH3 is 1. The van der Waals surface area contributed by atoms with Gasteiger partial charge in [-0.2, -0.15) is 0 Å². The van der Waals surface area contributed by atoms with Crippen LogP contribution >= 0.6 is 12.2 Å². The fourth-order valence-electron chi connectivity index (χ4n) is 3.74. The molecule has 3 aromatic carbocycles. The highest BCUT2D eigenvalue weighted by molar-refractivity contribution is 7.80. The number of nitrogens with one attached hydrogen (secondary N) is 3. The van der Waals surface area contributed by atoms with Crippen LogP contribution in [0, 0.1) is 5.92 Å². The van der Waals surface area contributed by atoms with Gasteiger partial charge in [0.05, 0.1) is 19.1 Å². The van der Waals surface area contributed by atoms with Gasteiger partial charge in [-0.25, -0.2) is 0 Å². The minimum atomic E-state index is -0.437. The van der Waals surface area contributed by atoms with Crippen LogP contribution in [0.3, 0.4) is 0 Å². The van der Waals surface area contributed by atoms with E-state index in [-0.39, 0.29) is 18.0 Å². The third-order valence-corrected chi connectivity index (χ3v) is 5.46. The van der Waals surface area contributed by atoms with E-state index in [0.29, 0.717) is 16.4 Å². The molecule has 3 aromatic rings. The number of anilines is 1. The van der Waals surface area contributed by atoms with Gasteiger partial charge in [0.2, 0.25) is 0 Å². The molecule has 1 heterocycles. The van der Waals surface area contributed by atoms with Crippen LogP contribution in [-0.2, 0) is 0 Å². The van der Waals surface area contributed by atoms with Gasteiger partial charge >= 0.3 is 0 Å². The van der Waals surface area contributed by atoms with Crippen LogP contribution in [0.4, 0.5) is 5.69 Å². The topological polar surface area (TPSA) is 62.4 Å². The van der Waals surface area contributed by atoms with E-state index in [0.717, 1.165) is 11.3 Å². The van der Waals surface area contributed by atoms with Crippen LogP contribution in [0.2, 0.25) is 0 Å². The Bertz CT molecular complexity index is 1010. The lowest BCUT2D eigenvalue weighted by Gasteiger charge is -2.40. The maximum absolute atomic E-state index is 13.7. The van der Waals surface area contributed by atoms with E-state index in [9.17, 15) is 4.79 Å². The standard InChI is InChI=1S/C24H23N3O2S/c1-29-19-14-12-17(13-15-19)22(28)20-21(16-8-4-2-5-9-16)26-24(30)27-23(20)25-18-10-6-3-7-11-18/h2-15,20-21,23,25H,1H3,(H2,26,27,30)/t20-,21-,23-/m0/s1. The number of carbonyl (C=O) groups is 1. The van der Waals surface area contributed by atoms with Gasteiger partial charge in [-0.15, -0.1) is 0 Å². The molecule has 0 unspecified atom stereocenters. The van der Waals surface area contributed by atoms with E-state index in [2.05, 4.69) is 16.0 Å². The van der Waals surface area contributed by atoms with Crippen LogP contribution in [0.1, 0.15) is 22.0 Å². The van der Waals surface area contributed by atoms with Gasteiger partial charge in [-0.3, -0.25) is 4.79 Å². The number of carbonyl (C=O) groups excluding carboxylic acids is 1. The summed E-state index contributed by atoms with van der Waals surface area (Å²) in [5.41, 5.74) is 2.55. The zero-order chi connectivity index (χ0) is 20.9. The third-order valence-electron chi connectivity index (χ3n) is 5.22. The molecule has 0 spiro atoms. The van der Waals surface area contributed by atoms with Gasteiger partial charge in [0, 0.05) is 11.3 Å². The van der Waals surface area contributed by atoms with Crippen molar-refractivity contribution in [3.63, 3.8) is 0 Å². The first-order valence-electron chi connectivity index (χ1n) is 9.77. The molecular formula is C24H23N3O2S. The molecule has 0 saturated carbocycles. The van der Waals surface area contributed by atoms with E-state index in [4.69, 9.17) is 17.0 Å². The summed E-state index contributed by atoms with van der Waals surface area (Å²) >= 11 is 5.48. The summed E-state index contributed by atoms with van der Waals surface area (Å²) in [6, 6.07) is 26.7. The minimum absolute atomic E-state index is 0.0161. The second kappa shape index (κ2) is 8.97. The molecule has 0 aliphatic carbocycles. The van der Waals surface area contributed by atoms with Gasteiger partial charge < -0.3 is 20.7 Å². The van der Waals surface area contributed by atoms with Gasteiger partial charge in [-0.1, -0.05) is 48.5 Å². The zero-order valence-electron chi connectivity index (χ0n) is 16.5. The molecule has 1 aliphatic rings. The number of thiocarbonyl (C=S) groups is 1. The van der Waals surface area contributed by atoms with Crippen molar-refractivity contribution in [1.82, 2.24) is 10.6 Å². The number of ketones is 1. The summed E-state index contributed by atoms with van der Waals surface area (Å²) in [6.07, 6.45) is -0.374. The Labute approximate surface area is 181 Å². The number of hydrogen-bond acceptors (Lipinski definition) is 4. The van der Waals surface area contributed by atoms with E-state index >= 15 is 0 Å². The van der Waals surface area contributed by atoms with E-state index < -0.39 is 5.92 Å². The van der Waals surface area contributed by atoms with Crippen molar-refractivity contribution in [1.29, 1.82) is 0 Å². The summed E-state index contributed by atoms with van der Waals surface area (Å²) in [5.74, 6) is 0.293. The number of rotatable bonds is 6. The Morgan fingerprint density at radius 3 is 2.17 bits per heavy atom. The van der Waals surface area contributed by atoms with Crippen LogP contribution in [0.15, 0.2) is 84.9 Å². The summed E-state index contributed by atoms with van der Waals surface area (Å²) in [5, 5.41) is 10.5. The first-order valence-corrected chi connectivity index (χ1v) is 10.2. The first-order chi connectivity index (χ1) is 14.7. The Morgan fingerprint density at radius 2 is 1.53 bits per heavy atom. The normalized spacial score (nSPS) is 20.6. The fourth-order valence-corrected chi connectivity index (χ4v) is 3.99. The quantitative estimate of drug-likeness (QED) is 0.414. The monoisotopic (exact) mass is 417 g/mol. The predicted molar refractivity (Wildman–Crippen MR) is 123 cm³/mol. The molecule has 0 bridgehead atoms. The molecule has 1 aliphatic heterocycles. The molecule has 3 atom stereocenters. The number of Topliss-reactive ketones (excluding diaryl/α,β-unsaturated/α-hetero) is 1. The molecule has 30 heavy (non-hydrogen) atoms. The largest absolute Gasteiger partial charge is 0.497 e. The molecular weight excluding hydrogens is 394 g/mol. The smallest absolute Gasteiger partial charge is 0.172 e. The Kier molecular flexibility index (Phi) is 5.95. The number of benzene rings is 3. The van der Waals surface area contributed by atoms with Crippen molar-refractivity contribution < 1.29 is 9.53 Å². The number of para-hydroxylation sites is 1. The Balaban J connectivity index is 1.72. The maximum Gasteiger partial charge on any atom is 0.172 e. The molecule has 0 amide bonds. The van der Waals surface area contributed by atoms with E-state index in [1.54, 1.807) is 31.4 Å². The molecule has 5 nitrogen and oxygen atoms in total. The van der Waals surface area contributed by atoms with Crippen LogP contribution in [0.5, 0.6) is 5.75 Å². The molecule has 1 fully saturated rings. The second-order valence-corrected chi connectivity index (χ2v) is 7.52. The lowest BCUT2D eigenvalue weighted by atomic mass is 9.83. The molecule has 4 rings (SSSR count). The molecule has 3 N–H and O–H groups in total. The minimum Gasteiger partial charge on any atom is -0.497 e.